The summed E-state index contributed by atoms with van der Waals surface area (Å²) in [4.78, 5) is 0. The Hall–Kier alpha value is -0.840. The van der Waals surface area contributed by atoms with Gasteiger partial charge in [0.25, 0.3) is 0 Å². The molecule has 1 aromatic heterocycles. The highest BCUT2D eigenvalue weighted by atomic mass is 79.9. The monoisotopic (exact) mass is 412 g/mol. The quantitative estimate of drug-likeness (QED) is 0.583. The van der Waals surface area contributed by atoms with E-state index in [4.69, 9.17) is 0 Å². The van der Waals surface area contributed by atoms with Crippen LogP contribution in [0.5, 0.6) is 0 Å². The number of hydrogen-bond acceptors (Lipinski definition) is 3. The SMILES string of the molecule is FC(F)(F)c1c(C(F)(F)F)c(Br)c2nonc2c1Br. The molecule has 19 heavy (non-hydrogen) atoms. The maximum Gasteiger partial charge on any atom is 0.418 e. The van der Waals surface area contributed by atoms with Crippen LogP contribution >= 0.6 is 31.9 Å². The summed E-state index contributed by atoms with van der Waals surface area (Å²) in [5.74, 6) is 0. The van der Waals surface area contributed by atoms with Gasteiger partial charge in [-0.05, 0) is 42.2 Å². The number of aromatic nitrogens is 2. The minimum atomic E-state index is -5.22. The molecule has 1 aromatic carbocycles. The van der Waals surface area contributed by atoms with Gasteiger partial charge in [0.15, 0.2) is 11.0 Å². The zero-order valence-electron chi connectivity index (χ0n) is 8.33. The van der Waals surface area contributed by atoms with Crippen molar-refractivity contribution < 1.29 is 31.0 Å². The Morgan fingerprint density at radius 3 is 1.32 bits per heavy atom. The Morgan fingerprint density at radius 1 is 0.737 bits per heavy atom. The zero-order valence-corrected chi connectivity index (χ0v) is 11.5. The van der Waals surface area contributed by atoms with E-state index in [1.54, 1.807) is 0 Å². The summed E-state index contributed by atoms with van der Waals surface area (Å²) in [7, 11) is 0. The van der Waals surface area contributed by atoms with Crippen LogP contribution in [0.2, 0.25) is 0 Å². The first-order chi connectivity index (χ1) is 8.55. The van der Waals surface area contributed by atoms with E-state index in [1.807, 2.05) is 0 Å². The second-order valence-electron chi connectivity index (χ2n) is 3.33. The average Bonchev–Trinajstić information content (AvgIpc) is 2.68. The predicted molar refractivity (Wildman–Crippen MR) is 57.2 cm³/mol. The fourth-order valence-electron chi connectivity index (χ4n) is 1.47. The molecule has 0 bridgehead atoms. The third-order valence-corrected chi connectivity index (χ3v) is 3.70. The second-order valence-corrected chi connectivity index (χ2v) is 4.92. The van der Waals surface area contributed by atoms with Crippen LogP contribution in [-0.2, 0) is 12.4 Å². The van der Waals surface area contributed by atoms with Crippen molar-refractivity contribution in [3.05, 3.63) is 20.1 Å². The molecule has 0 saturated heterocycles. The topological polar surface area (TPSA) is 38.9 Å². The number of halogens is 8. The van der Waals surface area contributed by atoms with Crippen LogP contribution < -0.4 is 0 Å². The second kappa shape index (κ2) is 4.33. The van der Waals surface area contributed by atoms with E-state index >= 15 is 0 Å². The number of rotatable bonds is 0. The molecule has 0 aliphatic carbocycles. The Morgan fingerprint density at radius 2 is 1.05 bits per heavy atom. The molecule has 0 amide bonds. The van der Waals surface area contributed by atoms with Gasteiger partial charge >= 0.3 is 12.4 Å². The minimum Gasteiger partial charge on any atom is -0.243 e. The van der Waals surface area contributed by atoms with Crippen LogP contribution in [-0.4, -0.2) is 10.3 Å². The van der Waals surface area contributed by atoms with Gasteiger partial charge in [0.2, 0.25) is 0 Å². The summed E-state index contributed by atoms with van der Waals surface area (Å²) < 4.78 is 79.4. The van der Waals surface area contributed by atoms with Crippen LogP contribution in [0.15, 0.2) is 13.6 Å². The molecule has 104 valence electrons. The van der Waals surface area contributed by atoms with Gasteiger partial charge in [0.05, 0.1) is 20.1 Å². The van der Waals surface area contributed by atoms with E-state index in [1.165, 1.54) is 0 Å². The minimum absolute atomic E-state index is 0.452. The highest BCUT2D eigenvalue weighted by Gasteiger charge is 2.48. The molecule has 0 saturated carbocycles. The Balaban J connectivity index is 3.02. The molecule has 2 rings (SSSR count). The van der Waals surface area contributed by atoms with Crippen LogP contribution in [0.4, 0.5) is 26.3 Å². The van der Waals surface area contributed by atoms with Gasteiger partial charge in [-0.1, -0.05) is 0 Å². The molecular weight excluding hydrogens is 414 g/mol. The lowest BCUT2D eigenvalue weighted by atomic mass is 10.1. The third-order valence-electron chi connectivity index (χ3n) is 2.16. The van der Waals surface area contributed by atoms with Gasteiger partial charge < -0.3 is 0 Å². The number of nitrogens with zero attached hydrogens (tertiary/aromatic N) is 2. The highest BCUT2D eigenvalue weighted by Crippen LogP contribution is 2.49. The standard InChI is InChI=1S/C8Br2F6N2O/c9-3-1(7(11,12)13)2(8(14,15)16)4(10)6-5(3)17-19-18-6. The lowest BCUT2D eigenvalue weighted by molar-refractivity contribution is -0.162. The molecule has 0 unspecified atom stereocenters. The zero-order chi connectivity index (χ0) is 14.6. The fraction of sp³-hybridized carbons (Fsp3) is 0.250. The van der Waals surface area contributed by atoms with Crippen molar-refractivity contribution >= 4 is 42.9 Å². The van der Waals surface area contributed by atoms with Gasteiger partial charge in [0.1, 0.15) is 0 Å². The van der Waals surface area contributed by atoms with Gasteiger partial charge in [-0.2, -0.15) is 26.3 Å². The molecule has 2 aromatic rings. The first-order valence-electron chi connectivity index (χ1n) is 4.32. The lowest BCUT2D eigenvalue weighted by Crippen LogP contribution is -2.18. The third kappa shape index (κ3) is 2.33. The lowest BCUT2D eigenvalue weighted by Gasteiger charge is -2.18. The van der Waals surface area contributed by atoms with Gasteiger partial charge in [-0.3, -0.25) is 0 Å². The number of fused-ring (bicyclic) bond motifs is 1. The number of alkyl halides is 6. The van der Waals surface area contributed by atoms with Crippen molar-refractivity contribution in [1.82, 2.24) is 10.3 Å². The first-order valence-corrected chi connectivity index (χ1v) is 5.91. The van der Waals surface area contributed by atoms with Crippen molar-refractivity contribution in [2.45, 2.75) is 12.4 Å². The predicted octanol–water partition coefficient (Wildman–Crippen LogP) is 4.79. The smallest absolute Gasteiger partial charge is 0.243 e. The van der Waals surface area contributed by atoms with Gasteiger partial charge in [-0.25, -0.2) is 4.63 Å². The molecular formula is C8Br2F6N2O. The fourth-order valence-corrected chi connectivity index (χ4v) is 2.83. The number of hydrogen-bond donors (Lipinski definition) is 0. The van der Waals surface area contributed by atoms with Crippen molar-refractivity contribution in [2.75, 3.05) is 0 Å². The maximum absolute atomic E-state index is 12.8. The summed E-state index contributed by atoms with van der Waals surface area (Å²) in [6.45, 7) is 0. The van der Waals surface area contributed by atoms with E-state index in [2.05, 4.69) is 46.8 Å². The van der Waals surface area contributed by atoms with Crippen molar-refractivity contribution in [1.29, 1.82) is 0 Å². The molecule has 3 nitrogen and oxygen atoms in total. The maximum atomic E-state index is 12.8. The molecule has 0 radical (unpaired) electrons. The van der Waals surface area contributed by atoms with Crippen LogP contribution in [0.3, 0.4) is 0 Å². The van der Waals surface area contributed by atoms with E-state index in [0.717, 1.165) is 0 Å². The highest BCUT2D eigenvalue weighted by molar-refractivity contribution is 9.11. The summed E-state index contributed by atoms with van der Waals surface area (Å²) >= 11 is 4.94. The van der Waals surface area contributed by atoms with Gasteiger partial charge in [0, 0.05) is 0 Å². The van der Waals surface area contributed by atoms with E-state index in [0.29, 0.717) is 0 Å². The molecule has 0 fully saturated rings. The van der Waals surface area contributed by atoms with E-state index in [-0.39, 0.29) is 0 Å². The number of benzene rings is 1. The molecule has 1 heterocycles. The molecule has 0 spiro atoms. The van der Waals surface area contributed by atoms with Crippen LogP contribution in [0.1, 0.15) is 11.1 Å². The molecule has 11 heteroatoms. The first kappa shape index (κ1) is 14.6. The average molecular weight is 414 g/mol. The summed E-state index contributed by atoms with van der Waals surface area (Å²) in [5.41, 5.74) is -4.66. The molecule has 0 aliphatic rings. The molecule has 0 aliphatic heterocycles. The van der Waals surface area contributed by atoms with Gasteiger partial charge in [-0.15, -0.1) is 0 Å². The Labute approximate surface area is 117 Å². The van der Waals surface area contributed by atoms with Crippen LogP contribution in [0, 0.1) is 0 Å². The van der Waals surface area contributed by atoms with Crippen LogP contribution in [0.25, 0.3) is 11.0 Å². The molecule has 0 N–H and O–H groups in total. The molecule has 0 atom stereocenters. The van der Waals surface area contributed by atoms with Crippen molar-refractivity contribution in [2.24, 2.45) is 0 Å². The summed E-state index contributed by atoms with van der Waals surface area (Å²) in [6, 6.07) is 0. The normalized spacial score (nSPS) is 13.3. The van der Waals surface area contributed by atoms with Crippen molar-refractivity contribution in [3.63, 3.8) is 0 Å². The summed E-state index contributed by atoms with van der Waals surface area (Å²) in [6.07, 6.45) is -10.4. The van der Waals surface area contributed by atoms with E-state index < -0.39 is 43.5 Å². The Bertz CT molecular complexity index is 593. The Kier molecular flexibility index (Phi) is 3.32. The van der Waals surface area contributed by atoms with E-state index in [9.17, 15) is 26.3 Å². The van der Waals surface area contributed by atoms with Crippen molar-refractivity contribution in [3.8, 4) is 0 Å². The summed E-state index contributed by atoms with van der Waals surface area (Å²) in [5, 5.41) is 6.29. The largest absolute Gasteiger partial charge is 0.418 e.